The topological polar surface area (TPSA) is 26.0 Å². The summed E-state index contributed by atoms with van der Waals surface area (Å²) in [5, 5.41) is 0. The standard InChI is InChI=1S/C10H12F3N/c1-6-3-7(2)5-8(4-6)9(14)10(11,12)13/h3-5,9H,14H2,1-2H3/t9-/m1/s1. The van der Waals surface area contributed by atoms with Crippen LogP contribution in [0.5, 0.6) is 0 Å². The molecule has 1 aromatic carbocycles. The predicted molar refractivity (Wildman–Crippen MR) is 48.9 cm³/mol. The second kappa shape index (κ2) is 3.61. The van der Waals surface area contributed by atoms with Crippen LogP contribution in [0.4, 0.5) is 13.2 Å². The summed E-state index contributed by atoms with van der Waals surface area (Å²) in [4.78, 5) is 0. The molecule has 0 aliphatic heterocycles. The Morgan fingerprint density at radius 3 is 1.86 bits per heavy atom. The molecule has 0 amide bonds. The Kier molecular flexibility index (Phi) is 2.85. The van der Waals surface area contributed by atoms with Gasteiger partial charge in [0.25, 0.3) is 0 Å². The molecule has 14 heavy (non-hydrogen) atoms. The van der Waals surface area contributed by atoms with E-state index < -0.39 is 12.2 Å². The zero-order valence-corrected chi connectivity index (χ0v) is 8.02. The molecule has 1 rings (SSSR count). The number of aryl methyl sites for hydroxylation is 2. The van der Waals surface area contributed by atoms with Crippen LogP contribution in [-0.4, -0.2) is 6.18 Å². The van der Waals surface area contributed by atoms with Gasteiger partial charge in [-0.2, -0.15) is 13.2 Å². The molecule has 0 saturated heterocycles. The van der Waals surface area contributed by atoms with Crippen molar-refractivity contribution in [1.29, 1.82) is 0 Å². The number of nitrogens with two attached hydrogens (primary N) is 1. The first-order valence-electron chi connectivity index (χ1n) is 4.21. The molecule has 0 fully saturated rings. The molecule has 0 aliphatic carbocycles. The fourth-order valence-corrected chi connectivity index (χ4v) is 1.38. The zero-order chi connectivity index (χ0) is 10.9. The number of halogens is 3. The van der Waals surface area contributed by atoms with Crippen molar-refractivity contribution in [3.63, 3.8) is 0 Å². The third kappa shape index (κ3) is 2.48. The lowest BCUT2D eigenvalue weighted by Gasteiger charge is -2.16. The molecule has 0 aromatic heterocycles. The first kappa shape index (κ1) is 11.0. The largest absolute Gasteiger partial charge is 0.407 e. The van der Waals surface area contributed by atoms with Gasteiger partial charge in [0.1, 0.15) is 6.04 Å². The molecule has 1 nitrogen and oxygen atoms in total. The molecule has 0 radical (unpaired) electrons. The molecule has 0 saturated carbocycles. The van der Waals surface area contributed by atoms with Gasteiger partial charge in [-0.05, 0) is 19.4 Å². The highest BCUT2D eigenvalue weighted by molar-refractivity contribution is 5.31. The third-order valence-electron chi connectivity index (χ3n) is 1.96. The summed E-state index contributed by atoms with van der Waals surface area (Å²) in [6.45, 7) is 3.50. The lowest BCUT2D eigenvalue weighted by Crippen LogP contribution is -2.28. The van der Waals surface area contributed by atoms with E-state index in [0.717, 1.165) is 11.1 Å². The molecule has 1 atom stereocenters. The number of hydrogen-bond donors (Lipinski definition) is 1. The van der Waals surface area contributed by atoms with E-state index in [0.29, 0.717) is 0 Å². The second-order valence-electron chi connectivity index (χ2n) is 3.44. The number of benzene rings is 1. The van der Waals surface area contributed by atoms with Crippen LogP contribution in [-0.2, 0) is 0 Å². The van der Waals surface area contributed by atoms with Gasteiger partial charge in [-0.15, -0.1) is 0 Å². The third-order valence-corrected chi connectivity index (χ3v) is 1.96. The number of hydrogen-bond acceptors (Lipinski definition) is 1. The monoisotopic (exact) mass is 203 g/mol. The van der Waals surface area contributed by atoms with Crippen molar-refractivity contribution in [2.75, 3.05) is 0 Å². The minimum atomic E-state index is -4.37. The zero-order valence-electron chi connectivity index (χ0n) is 8.02. The quantitative estimate of drug-likeness (QED) is 0.746. The fraction of sp³-hybridized carbons (Fsp3) is 0.400. The van der Waals surface area contributed by atoms with Gasteiger partial charge >= 0.3 is 6.18 Å². The Balaban J connectivity index is 3.07. The molecular weight excluding hydrogens is 191 g/mol. The van der Waals surface area contributed by atoms with Crippen molar-refractivity contribution < 1.29 is 13.2 Å². The fourth-order valence-electron chi connectivity index (χ4n) is 1.38. The van der Waals surface area contributed by atoms with Crippen molar-refractivity contribution >= 4 is 0 Å². The summed E-state index contributed by atoms with van der Waals surface area (Å²) in [6, 6.07) is 2.85. The van der Waals surface area contributed by atoms with Crippen LogP contribution >= 0.6 is 0 Å². The van der Waals surface area contributed by atoms with Crippen LogP contribution in [0.25, 0.3) is 0 Å². The Labute approximate surface area is 80.7 Å². The Morgan fingerprint density at radius 1 is 1.07 bits per heavy atom. The van der Waals surface area contributed by atoms with Crippen molar-refractivity contribution in [2.45, 2.75) is 26.1 Å². The summed E-state index contributed by atoms with van der Waals surface area (Å²) < 4.78 is 36.8. The summed E-state index contributed by atoms with van der Waals surface area (Å²) in [5.74, 6) is 0. The molecule has 0 spiro atoms. The summed E-state index contributed by atoms with van der Waals surface area (Å²) in [6.07, 6.45) is -4.37. The maximum atomic E-state index is 12.3. The van der Waals surface area contributed by atoms with Crippen LogP contribution in [0.3, 0.4) is 0 Å². The highest BCUT2D eigenvalue weighted by Gasteiger charge is 2.37. The molecule has 0 unspecified atom stereocenters. The van der Waals surface area contributed by atoms with Crippen LogP contribution in [0.1, 0.15) is 22.7 Å². The van der Waals surface area contributed by atoms with E-state index in [4.69, 9.17) is 5.73 Å². The van der Waals surface area contributed by atoms with E-state index in [1.165, 1.54) is 12.1 Å². The van der Waals surface area contributed by atoms with E-state index in [-0.39, 0.29) is 5.56 Å². The average Bonchev–Trinajstić information content (AvgIpc) is 1.99. The van der Waals surface area contributed by atoms with Gasteiger partial charge in [0, 0.05) is 0 Å². The van der Waals surface area contributed by atoms with Gasteiger partial charge in [-0.25, -0.2) is 0 Å². The molecule has 78 valence electrons. The van der Waals surface area contributed by atoms with E-state index in [1.54, 1.807) is 13.8 Å². The molecule has 0 heterocycles. The SMILES string of the molecule is Cc1cc(C)cc([C@@H](N)C(F)(F)F)c1. The Morgan fingerprint density at radius 2 is 1.50 bits per heavy atom. The normalized spacial score (nSPS) is 14.1. The second-order valence-corrected chi connectivity index (χ2v) is 3.44. The van der Waals surface area contributed by atoms with Crippen molar-refractivity contribution in [1.82, 2.24) is 0 Å². The average molecular weight is 203 g/mol. The van der Waals surface area contributed by atoms with E-state index in [9.17, 15) is 13.2 Å². The summed E-state index contributed by atoms with van der Waals surface area (Å²) in [7, 11) is 0. The van der Waals surface area contributed by atoms with Crippen molar-refractivity contribution in [3.05, 3.63) is 34.9 Å². The van der Waals surface area contributed by atoms with Gasteiger partial charge in [-0.1, -0.05) is 29.3 Å². The van der Waals surface area contributed by atoms with Gasteiger partial charge in [0.15, 0.2) is 0 Å². The van der Waals surface area contributed by atoms with E-state index in [2.05, 4.69) is 0 Å². The van der Waals surface area contributed by atoms with E-state index >= 15 is 0 Å². The molecule has 0 bridgehead atoms. The molecule has 4 heteroatoms. The van der Waals surface area contributed by atoms with Crippen molar-refractivity contribution in [2.24, 2.45) is 5.73 Å². The molecule has 2 N–H and O–H groups in total. The first-order chi connectivity index (χ1) is 6.30. The number of rotatable bonds is 1. The number of alkyl halides is 3. The minimum absolute atomic E-state index is 0.120. The van der Waals surface area contributed by atoms with Crippen LogP contribution in [0.2, 0.25) is 0 Å². The Bertz CT molecular complexity index is 310. The highest BCUT2D eigenvalue weighted by Crippen LogP contribution is 2.31. The van der Waals surface area contributed by atoms with Gasteiger partial charge in [0.05, 0.1) is 0 Å². The first-order valence-corrected chi connectivity index (χ1v) is 4.21. The van der Waals surface area contributed by atoms with Crippen LogP contribution in [0.15, 0.2) is 18.2 Å². The minimum Gasteiger partial charge on any atom is -0.316 e. The van der Waals surface area contributed by atoms with Gasteiger partial charge < -0.3 is 5.73 Å². The van der Waals surface area contributed by atoms with Crippen molar-refractivity contribution in [3.8, 4) is 0 Å². The molecule has 1 aromatic rings. The van der Waals surface area contributed by atoms with Crippen LogP contribution in [0, 0.1) is 13.8 Å². The lowest BCUT2D eigenvalue weighted by atomic mass is 10.0. The maximum Gasteiger partial charge on any atom is 0.407 e. The summed E-state index contributed by atoms with van der Waals surface area (Å²) >= 11 is 0. The predicted octanol–water partition coefficient (Wildman–Crippen LogP) is 2.87. The highest BCUT2D eigenvalue weighted by atomic mass is 19.4. The Hall–Kier alpha value is -1.03. The molecule has 0 aliphatic rings. The smallest absolute Gasteiger partial charge is 0.316 e. The lowest BCUT2D eigenvalue weighted by molar-refractivity contribution is -0.149. The van der Waals surface area contributed by atoms with Crippen LogP contribution < -0.4 is 5.73 Å². The maximum absolute atomic E-state index is 12.3. The van der Waals surface area contributed by atoms with Gasteiger partial charge in [0.2, 0.25) is 0 Å². The molecular formula is C10H12F3N. The summed E-state index contributed by atoms with van der Waals surface area (Å²) in [5.41, 5.74) is 6.79. The van der Waals surface area contributed by atoms with E-state index in [1.807, 2.05) is 6.07 Å². The van der Waals surface area contributed by atoms with Gasteiger partial charge in [-0.3, -0.25) is 0 Å².